The number of piperazine rings is 1. The number of hydrogen-bond donors (Lipinski definition) is 1. The molecule has 1 unspecified atom stereocenters. The molecule has 4 rings (SSSR count). The summed E-state index contributed by atoms with van der Waals surface area (Å²) in [6.45, 7) is 4.07. The van der Waals surface area contributed by atoms with Crippen molar-refractivity contribution in [1.82, 2.24) is 15.0 Å². The summed E-state index contributed by atoms with van der Waals surface area (Å²) in [5, 5.41) is 2.87. The summed E-state index contributed by atoms with van der Waals surface area (Å²) in [6, 6.07) is 5.66. The van der Waals surface area contributed by atoms with Gasteiger partial charge in [0.1, 0.15) is 11.9 Å². The van der Waals surface area contributed by atoms with Crippen LogP contribution in [0.25, 0.3) is 0 Å². The smallest absolute Gasteiger partial charge is 0.253 e. The summed E-state index contributed by atoms with van der Waals surface area (Å²) in [5.41, 5.74) is 0.700. The SMILES string of the molecule is O=C(Nc1ccc(N2CCN(c3ncccn3)CC2)nc1)C1CCCO1. The molecule has 136 valence electrons. The van der Waals surface area contributed by atoms with Crippen molar-refractivity contribution < 1.29 is 9.53 Å². The number of pyridine rings is 1. The van der Waals surface area contributed by atoms with E-state index in [9.17, 15) is 4.79 Å². The van der Waals surface area contributed by atoms with Gasteiger partial charge in [-0.3, -0.25) is 4.79 Å². The van der Waals surface area contributed by atoms with Crippen LogP contribution in [0.3, 0.4) is 0 Å². The summed E-state index contributed by atoms with van der Waals surface area (Å²) >= 11 is 0. The van der Waals surface area contributed by atoms with Gasteiger partial charge in [-0.2, -0.15) is 0 Å². The molecule has 1 atom stereocenters. The summed E-state index contributed by atoms with van der Waals surface area (Å²) < 4.78 is 5.40. The maximum Gasteiger partial charge on any atom is 0.253 e. The van der Waals surface area contributed by atoms with Crippen LogP contribution >= 0.6 is 0 Å². The molecule has 26 heavy (non-hydrogen) atoms. The molecule has 2 aliphatic rings. The van der Waals surface area contributed by atoms with Gasteiger partial charge in [0, 0.05) is 45.2 Å². The van der Waals surface area contributed by atoms with Gasteiger partial charge >= 0.3 is 0 Å². The first-order valence-corrected chi connectivity index (χ1v) is 8.95. The van der Waals surface area contributed by atoms with E-state index in [2.05, 4.69) is 30.1 Å². The Bertz CT molecular complexity index is 725. The summed E-state index contributed by atoms with van der Waals surface area (Å²) in [5.74, 6) is 1.59. The van der Waals surface area contributed by atoms with Gasteiger partial charge in [0.05, 0.1) is 11.9 Å². The number of ether oxygens (including phenoxy) is 1. The van der Waals surface area contributed by atoms with E-state index in [0.29, 0.717) is 12.3 Å². The fourth-order valence-corrected chi connectivity index (χ4v) is 3.24. The second-order valence-corrected chi connectivity index (χ2v) is 6.42. The molecule has 0 aromatic carbocycles. The first-order valence-electron chi connectivity index (χ1n) is 8.95. The van der Waals surface area contributed by atoms with Gasteiger partial charge < -0.3 is 19.9 Å². The van der Waals surface area contributed by atoms with Crippen molar-refractivity contribution in [2.75, 3.05) is 47.9 Å². The fourth-order valence-electron chi connectivity index (χ4n) is 3.24. The minimum absolute atomic E-state index is 0.0893. The van der Waals surface area contributed by atoms with E-state index in [-0.39, 0.29) is 12.0 Å². The number of amides is 1. The van der Waals surface area contributed by atoms with Gasteiger partial charge in [0.25, 0.3) is 5.91 Å². The number of rotatable bonds is 4. The Kier molecular flexibility index (Phi) is 4.92. The van der Waals surface area contributed by atoms with Crippen molar-refractivity contribution in [3.63, 3.8) is 0 Å². The van der Waals surface area contributed by atoms with Gasteiger partial charge in [0.2, 0.25) is 5.95 Å². The van der Waals surface area contributed by atoms with Crippen LogP contribution in [0.2, 0.25) is 0 Å². The minimum Gasteiger partial charge on any atom is -0.368 e. The predicted octanol–water partition coefficient (Wildman–Crippen LogP) is 1.32. The molecule has 4 heterocycles. The molecule has 0 spiro atoms. The lowest BCUT2D eigenvalue weighted by atomic mass is 10.2. The van der Waals surface area contributed by atoms with Crippen LogP contribution in [0.5, 0.6) is 0 Å². The molecule has 0 bridgehead atoms. The Labute approximate surface area is 152 Å². The van der Waals surface area contributed by atoms with Crippen molar-refractivity contribution in [3.05, 3.63) is 36.8 Å². The maximum absolute atomic E-state index is 12.1. The lowest BCUT2D eigenvalue weighted by molar-refractivity contribution is -0.124. The molecule has 0 aliphatic carbocycles. The highest BCUT2D eigenvalue weighted by molar-refractivity contribution is 5.94. The number of carbonyl (C=O) groups is 1. The third-order valence-corrected chi connectivity index (χ3v) is 4.68. The monoisotopic (exact) mass is 354 g/mol. The van der Waals surface area contributed by atoms with Crippen LogP contribution < -0.4 is 15.1 Å². The third kappa shape index (κ3) is 3.75. The Morgan fingerprint density at radius 3 is 2.50 bits per heavy atom. The zero-order chi connectivity index (χ0) is 17.8. The van der Waals surface area contributed by atoms with E-state index in [0.717, 1.165) is 50.8 Å². The highest BCUT2D eigenvalue weighted by atomic mass is 16.5. The van der Waals surface area contributed by atoms with Crippen LogP contribution in [0.1, 0.15) is 12.8 Å². The van der Waals surface area contributed by atoms with Gasteiger partial charge in [0.15, 0.2) is 0 Å². The van der Waals surface area contributed by atoms with Gasteiger partial charge in [-0.1, -0.05) is 0 Å². The molecule has 2 fully saturated rings. The van der Waals surface area contributed by atoms with Gasteiger partial charge in [-0.15, -0.1) is 0 Å². The standard InChI is InChI=1S/C18H22N6O2/c25-17(15-3-1-12-26-15)22-14-4-5-16(21-13-14)23-8-10-24(11-9-23)18-19-6-2-7-20-18/h2,4-7,13,15H,1,3,8-12H2,(H,22,25). The average Bonchev–Trinajstić information content (AvgIpc) is 3.25. The van der Waals surface area contributed by atoms with E-state index >= 15 is 0 Å². The predicted molar refractivity (Wildman–Crippen MR) is 98.3 cm³/mol. The Hall–Kier alpha value is -2.74. The second-order valence-electron chi connectivity index (χ2n) is 6.42. The lowest BCUT2D eigenvalue weighted by Gasteiger charge is -2.35. The number of aromatic nitrogens is 3. The molecule has 2 saturated heterocycles. The molecular weight excluding hydrogens is 332 g/mol. The molecule has 0 saturated carbocycles. The van der Waals surface area contributed by atoms with Crippen LogP contribution in [0.15, 0.2) is 36.8 Å². The van der Waals surface area contributed by atoms with Crippen LogP contribution in [0, 0.1) is 0 Å². The molecule has 1 N–H and O–H groups in total. The largest absolute Gasteiger partial charge is 0.368 e. The average molecular weight is 354 g/mol. The first kappa shape index (κ1) is 16.7. The Morgan fingerprint density at radius 1 is 1.08 bits per heavy atom. The zero-order valence-corrected chi connectivity index (χ0v) is 14.5. The van der Waals surface area contributed by atoms with Crippen LogP contribution in [0.4, 0.5) is 17.5 Å². The summed E-state index contributed by atoms with van der Waals surface area (Å²) in [6.07, 6.45) is 6.62. The van der Waals surface area contributed by atoms with Crippen LogP contribution in [-0.4, -0.2) is 59.7 Å². The molecule has 1 amide bonds. The molecule has 0 radical (unpaired) electrons. The minimum atomic E-state index is -0.331. The molecular formula is C18H22N6O2. The number of anilines is 3. The van der Waals surface area contributed by atoms with Crippen molar-refractivity contribution in [2.24, 2.45) is 0 Å². The number of nitrogens with zero attached hydrogens (tertiary/aromatic N) is 5. The highest BCUT2D eigenvalue weighted by Gasteiger charge is 2.24. The fraction of sp³-hybridized carbons (Fsp3) is 0.444. The second kappa shape index (κ2) is 7.65. The molecule has 2 aromatic heterocycles. The molecule has 8 heteroatoms. The van der Waals surface area contributed by atoms with E-state index in [4.69, 9.17) is 4.74 Å². The van der Waals surface area contributed by atoms with Crippen LogP contribution in [-0.2, 0) is 9.53 Å². The Morgan fingerprint density at radius 2 is 1.85 bits per heavy atom. The number of hydrogen-bond acceptors (Lipinski definition) is 7. The van der Waals surface area contributed by atoms with Crippen molar-refractivity contribution in [1.29, 1.82) is 0 Å². The molecule has 8 nitrogen and oxygen atoms in total. The normalized spacial score (nSPS) is 20.2. The topological polar surface area (TPSA) is 83.5 Å². The zero-order valence-electron chi connectivity index (χ0n) is 14.5. The lowest BCUT2D eigenvalue weighted by Crippen LogP contribution is -2.47. The summed E-state index contributed by atoms with van der Waals surface area (Å²) in [4.78, 5) is 29.6. The van der Waals surface area contributed by atoms with E-state index < -0.39 is 0 Å². The molecule has 2 aliphatic heterocycles. The van der Waals surface area contributed by atoms with Gasteiger partial charge in [-0.05, 0) is 31.0 Å². The van der Waals surface area contributed by atoms with Crippen molar-refractivity contribution in [2.45, 2.75) is 18.9 Å². The Balaban J connectivity index is 1.32. The van der Waals surface area contributed by atoms with Crippen molar-refractivity contribution in [3.8, 4) is 0 Å². The summed E-state index contributed by atoms with van der Waals surface area (Å²) in [7, 11) is 0. The van der Waals surface area contributed by atoms with E-state index in [1.165, 1.54) is 0 Å². The van der Waals surface area contributed by atoms with Crippen molar-refractivity contribution >= 4 is 23.4 Å². The highest BCUT2D eigenvalue weighted by Crippen LogP contribution is 2.19. The molecule has 2 aromatic rings. The number of carbonyl (C=O) groups excluding carboxylic acids is 1. The van der Waals surface area contributed by atoms with E-state index in [1.807, 2.05) is 18.2 Å². The number of nitrogens with one attached hydrogen (secondary N) is 1. The first-order chi connectivity index (χ1) is 12.8. The quantitative estimate of drug-likeness (QED) is 0.886. The third-order valence-electron chi connectivity index (χ3n) is 4.68. The van der Waals surface area contributed by atoms with Gasteiger partial charge in [-0.25, -0.2) is 15.0 Å². The van der Waals surface area contributed by atoms with E-state index in [1.54, 1.807) is 18.6 Å². The maximum atomic E-state index is 12.1.